The Bertz CT molecular complexity index is 489. The summed E-state index contributed by atoms with van der Waals surface area (Å²) in [6, 6.07) is 0. The number of aromatic nitrogens is 2. The van der Waals surface area contributed by atoms with Gasteiger partial charge in [0.25, 0.3) is 0 Å². The number of hydrogen-bond donors (Lipinski definition) is 1. The number of rotatable bonds is 2. The predicted octanol–water partition coefficient (Wildman–Crippen LogP) is 2.53. The fraction of sp³-hybridized carbons (Fsp3) is 0.222. The van der Waals surface area contributed by atoms with Gasteiger partial charge >= 0.3 is 0 Å². The highest BCUT2D eigenvalue weighted by Crippen LogP contribution is 2.26. The van der Waals surface area contributed by atoms with Gasteiger partial charge in [-0.1, -0.05) is 0 Å². The van der Waals surface area contributed by atoms with Crippen LogP contribution in [0.3, 0.4) is 0 Å². The number of nitrogens with one attached hydrogen (secondary N) is 1. The highest BCUT2D eigenvalue weighted by atomic mass is 32.1. The molecule has 0 aliphatic heterocycles. The van der Waals surface area contributed by atoms with Gasteiger partial charge in [0.1, 0.15) is 16.5 Å². The Kier molecular flexibility index (Phi) is 2.79. The second-order valence-corrected chi connectivity index (χ2v) is 4.89. The van der Waals surface area contributed by atoms with Crippen LogP contribution in [0.2, 0.25) is 0 Å². The van der Waals surface area contributed by atoms with Crippen molar-refractivity contribution in [2.75, 3.05) is 5.32 Å². The van der Waals surface area contributed by atoms with Crippen LogP contribution in [0.5, 0.6) is 0 Å². The Morgan fingerprint density at radius 1 is 1.33 bits per heavy atom. The van der Waals surface area contributed by atoms with Gasteiger partial charge in [0, 0.05) is 17.7 Å². The van der Waals surface area contributed by atoms with Gasteiger partial charge in [0.15, 0.2) is 0 Å². The molecule has 0 saturated heterocycles. The highest BCUT2D eigenvalue weighted by Gasteiger charge is 2.08. The number of thiazole rings is 2. The molecular weight excluding hydrogens is 230 g/mol. The molecule has 2 heterocycles. The van der Waals surface area contributed by atoms with Crippen molar-refractivity contribution in [2.45, 2.75) is 13.8 Å². The Balaban J connectivity index is 2.23. The van der Waals surface area contributed by atoms with Gasteiger partial charge in [-0.3, -0.25) is 4.79 Å². The number of nitrogens with zero attached hydrogens (tertiary/aromatic N) is 2. The third-order valence-corrected chi connectivity index (χ3v) is 3.28. The minimum Gasteiger partial charge on any atom is -0.310 e. The summed E-state index contributed by atoms with van der Waals surface area (Å²) < 4.78 is 0. The van der Waals surface area contributed by atoms with E-state index in [0.29, 0.717) is 5.82 Å². The Morgan fingerprint density at radius 3 is 2.73 bits per heavy atom. The maximum atomic E-state index is 10.8. The van der Waals surface area contributed by atoms with Crippen LogP contribution in [0, 0.1) is 6.92 Å². The van der Waals surface area contributed by atoms with E-state index < -0.39 is 0 Å². The van der Waals surface area contributed by atoms with Gasteiger partial charge in [0.2, 0.25) is 5.91 Å². The first-order valence-corrected chi connectivity index (χ1v) is 6.06. The number of carbonyl (C=O) groups excluding carboxylic acids is 1. The molecule has 0 aromatic carbocycles. The van der Waals surface area contributed by atoms with Crippen molar-refractivity contribution in [3.8, 4) is 10.7 Å². The van der Waals surface area contributed by atoms with Gasteiger partial charge in [-0.15, -0.1) is 22.7 Å². The zero-order chi connectivity index (χ0) is 10.8. The van der Waals surface area contributed by atoms with E-state index in [2.05, 4.69) is 15.3 Å². The molecule has 0 radical (unpaired) electrons. The van der Waals surface area contributed by atoms with Gasteiger partial charge in [-0.2, -0.15) is 0 Å². The van der Waals surface area contributed by atoms with Crippen molar-refractivity contribution in [1.29, 1.82) is 0 Å². The van der Waals surface area contributed by atoms with Gasteiger partial charge in [-0.25, -0.2) is 9.97 Å². The SMILES string of the molecule is CC(=O)Nc1csc(-c2csc(C)n2)n1. The third-order valence-electron chi connectivity index (χ3n) is 1.65. The number of carbonyl (C=O) groups is 1. The smallest absolute Gasteiger partial charge is 0.222 e. The van der Waals surface area contributed by atoms with Crippen LogP contribution in [0.25, 0.3) is 10.7 Å². The van der Waals surface area contributed by atoms with Crippen LogP contribution < -0.4 is 5.32 Å². The molecule has 0 bridgehead atoms. The molecule has 2 rings (SSSR count). The van der Waals surface area contributed by atoms with E-state index >= 15 is 0 Å². The normalized spacial score (nSPS) is 10.3. The lowest BCUT2D eigenvalue weighted by Gasteiger charge is -1.93. The zero-order valence-corrected chi connectivity index (χ0v) is 9.91. The van der Waals surface area contributed by atoms with Crippen LogP contribution in [0.15, 0.2) is 10.8 Å². The van der Waals surface area contributed by atoms with Crippen molar-refractivity contribution >= 4 is 34.4 Å². The van der Waals surface area contributed by atoms with Gasteiger partial charge in [-0.05, 0) is 6.92 Å². The molecule has 0 fully saturated rings. The lowest BCUT2D eigenvalue weighted by Crippen LogP contribution is -2.05. The topological polar surface area (TPSA) is 54.9 Å². The molecule has 0 aliphatic rings. The molecule has 15 heavy (non-hydrogen) atoms. The molecule has 0 unspecified atom stereocenters. The number of anilines is 1. The van der Waals surface area contributed by atoms with E-state index in [9.17, 15) is 4.79 Å². The quantitative estimate of drug-likeness (QED) is 0.876. The maximum Gasteiger partial charge on any atom is 0.222 e. The van der Waals surface area contributed by atoms with Gasteiger partial charge < -0.3 is 5.32 Å². The largest absolute Gasteiger partial charge is 0.310 e. The number of aryl methyl sites for hydroxylation is 1. The summed E-state index contributed by atoms with van der Waals surface area (Å²) >= 11 is 3.07. The molecule has 1 amide bonds. The molecule has 78 valence electrons. The van der Waals surface area contributed by atoms with E-state index in [4.69, 9.17) is 0 Å². The van der Waals surface area contributed by atoms with Crippen molar-refractivity contribution < 1.29 is 4.79 Å². The summed E-state index contributed by atoms with van der Waals surface area (Å²) in [6.07, 6.45) is 0. The minimum atomic E-state index is -0.110. The first kappa shape index (κ1) is 10.3. The molecule has 0 aliphatic carbocycles. The first-order chi connectivity index (χ1) is 7.15. The number of hydrogen-bond acceptors (Lipinski definition) is 5. The molecule has 6 heteroatoms. The summed E-state index contributed by atoms with van der Waals surface area (Å²) in [6.45, 7) is 3.42. The molecule has 2 aromatic rings. The molecule has 0 saturated carbocycles. The van der Waals surface area contributed by atoms with E-state index in [1.807, 2.05) is 17.7 Å². The Hall–Kier alpha value is -1.27. The summed E-state index contributed by atoms with van der Waals surface area (Å²) in [5.41, 5.74) is 0.874. The van der Waals surface area contributed by atoms with Crippen LogP contribution in [-0.4, -0.2) is 15.9 Å². The van der Waals surface area contributed by atoms with E-state index in [0.717, 1.165) is 15.7 Å². The standard InChI is InChI=1S/C9H9N3OS2/c1-5(13)10-8-4-15-9(12-8)7-3-14-6(2)11-7/h3-4H,1-2H3,(H,10,13). The summed E-state index contributed by atoms with van der Waals surface area (Å²) in [5, 5.41) is 8.26. The highest BCUT2D eigenvalue weighted by molar-refractivity contribution is 7.14. The summed E-state index contributed by atoms with van der Waals surface area (Å²) in [7, 11) is 0. The molecule has 4 nitrogen and oxygen atoms in total. The number of amides is 1. The van der Waals surface area contributed by atoms with Crippen molar-refractivity contribution in [2.24, 2.45) is 0 Å². The van der Waals surface area contributed by atoms with Crippen LogP contribution >= 0.6 is 22.7 Å². The second kappa shape index (κ2) is 4.08. The predicted molar refractivity (Wildman–Crippen MR) is 62.3 cm³/mol. The molecule has 2 aromatic heterocycles. The lowest BCUT2D eigenvalue weighted by atomic mass is 10.5. The van der Waals surface area contributed by atoms with E-state index in [-0.39, 0.29) is 5.91 Å². The Labute approximate surface area is 95.0 Å². The van der Waals surface area contributed by atoms with Crippen LogP contribution in [-0.2, 0) is 4.79 Å². The second-order valence-electron chi connectivity index (χ2n) is 2.97. The fourth-order valence-electron chi connectivity index (χ4n) is 1.09. The Morgan fingerprint density at radius 2 is 2.13 bits per heavy atom. The van der Waals surface area contributed by atoms with Gasteiger partial charge in [0.05, 0.1) is 5.01 Å². The van der Waals surface area contributed by atoms with E-state index in [1.165, 1.54) is 18.3 Å². The van der Waals surface area contributed by atoms with E-state index in [1.54, 1.807) is 11.3 Å². The van der Waals surface area contributed by atoms with Crippen molar-refractivity contribution in [1.82, 2.24) is 9.97 Å². The fourth-order valence-corrected chi connectivity index (χ4v) is 2.47. The summed E-state index contributed by atoms with van der Waals surface area (Å²) in [4.78, 5) is 19.4. The molecule has 0 atom stereocenters. The van der Waals surface area contributed by atoms with Crippen LogP contribution in [0.4, 0.5) is 5.82 Å². The van der Waals surface area contributed by atoms with Crippen molar-refractivity contribution in [3.63, 3.8) is 0 Å². The monoisotopic (exact) mass is 239 g/mol. The zero-order valence-electron chi connectivity index (χ0n) is 8.27. The minimum absolute atomic E-state index is 0.110. The first-order valence-electron chi connectivity index (χ1n) is 4.31. The van der Waals surface area contributed by atoms with Crippen LogP contribution in [0.1, 0.15) is 11.9 Å². The average Bonchev–Trinajstić information content (AvgIpc) is 2.72. The lowest BCUT2D eigenvalue weighted by molar-refractivity contribution is -0.114. The average molecular weight is 239 g/mol. The molecular formula is C9H9N3OS2. The molecule has 0 spiro atoms. The molecule has 1 N–H and O–H groups in total. The third kappa shape index (κ3) is 2.40. The van der Waals surface area contributed by atoms with Crippen molar-refractivity contribution in [3.05, 3.63) is 15.8 Å². The maximum absolute atomic E-state index is 10.8. The summed E-state index contributed by atoms with van der Waals surface area (Å²) in [5.74, 6) is 0.481.